The first kappa shape index (κ1) is 11.9. The molecule has 0 bridgehead atoms. The minimum atomic E-state index is 0.139. The Bertz CT molecular complexity index is 659. The van der Waals surface area contributed by atoms with Gasteiger partial charge in [0.05, 0.1) is 17.8 Å². The Balaban J connectivity index is 2.06. The Morgan fingerprint density at radius 3 is 2.79 bits per heavy atom. The van der Waals surface area contributed by atoms with Crippen molar-refractivity contribution in [2.45, 2.75) is 13.0 Å². The van der Waals surface area contributed by atoms with E-state index in [1.807, 2.05) is 37.0 Å². The lowest BCUT2D eigenvalue weighted by Gasteiger charge is -2.10. The summed E-state index contributed by atoms with van der Waals surface area (Å²) >= 11 is 0. The molecule has 0 saturated carbocycles. The van der Waals surface area contributed by atoms with Crippen LogP contribution >= 0.6 is 0 Å². The molecule has 0 radical (unpaired) electrons. The Labute approximate surface area is 111 Å². The van der Waals surface area contributed by atoms with E-state index in [4.69, 9.17) is 5.73 Å². The SMILES string of the molecule is CN1C(=O)Cc2cc(-c3cc(CN)nn3C)ccc21. The van der Waals surface area contributed by atoms with Crippen LogP contribution in [0.25, 0.3) is 11.3 Å². The van der Waals surface area contributed by atoms with Crippen molar-refractivity contribution in [3.05, 3.63) is 35.5 Å². The molecule has 1 aromatic heterocycles. The summed E-state index contributed by atoms with van der Waals surface area (Å²) in [7, 11) is 3.71. The number of rotatable bonds is 2. The number of carbonyl (C=O) groups is 1. The van der Waals surface area contributed by atoms with Crippen LogP contribution in [-0.4, -0.2) is 22.7 Å². The number of nitrogens with two attached hydrogens (primary N) is 1. The summed E-state index contributed by atoms with van der Waals surface area (Å²) in [6.45, 7) is 0.431. The third-order valence-corrected chi connectivity index (χ3v) is 3.59. The van der Waals surface area contributed by atoms with Crippen LogP contribution < -0.4 is 10.6 Å². The van der Waals surface area contributed by atoms with Crippen LogP contribution in [0, 0.1) is 0 Å². The molecular weight excluding hydrogens is 240 g/mol. The molecule has 1 aliphatic heterocycles. The van der Waals surface area contributed by atoms with Gasteiger partial charge < -0.3 is 10.6 Å². The number of aromatic nitrogens is 2. The van der Waals surface area contributed by atoms with E-state index in [0.29, 0.717) is 13.0 Å². The molecule has 1 aliphatic rings. The predicted molar refractivity (Wildman–Crippen MR) is 73.6 cm³/mol. The van der Waals surface area contributed by atoms with Crippen LogP contribution in [-0.2, 0) is 24.8 Å². The van der Waals surface area contributed by atoms with Crippen molar-refractivity contribution in [1.82, 2.24) is 9.78 Å². The third-order valence-electron chi connectivity index (χ3n) is 3.59. The summed E-state index contributed by atoms with van der Waals surface area (Å²) in [6.07, 6.45) is 0.473. The second-order valence-corrected chi connectivity index (χ2v) is 4.82. The number of nitrogens with zero attached hydrogens (tertiary/aromatic N) is 3. The number of amides is 1. The summed E-state index contributed by atoms with van der Waals surface area (Å²) in [5.74, 6) is 0.139. The van der Waals surface area contributed by atoms with Crippen molar-refractivity contribution >= 4 is 11.6 Å². The quantitative estimate of drug-likeness (QED) is 0.874. The molecular formula is C14H16N4O. The summed E-state index contributed by atoms with van der Waals surface area (Å²) < 4.78 is 1.82. The van der Waals surface area contributed by atoms with Gasteiger partial charge in [0.1, 0.15) is 0 Å². The number of hydrogen-bond acceptors (Lipinski definition) is 3. The number of benzene rings is 1. The second kappa shape index (κ2) is 4.20. The van der Waals surface area contributed by atoms with Crippen LogP contribution in [0.2, 0.25) is 0 Å². The van der Waals surface area contributed by atoms with Gasteiger partial charge in [-0.15, -0.1) is 0 Å². The van der Waals surface area contributed by atoms with Crippen molar-refractivity contribution < 1.29 is 4.79 Å². The molecule has 0 unspecified atom stereocenters. The van der Waals surface area contributed by atoms with Crippen LogP contribution in [0.3, 0.4) is 0 Å². The fourth-order valence-electron chi connectivity index (χ4n) is 2.53. The molecule has 0 fully saturated rings. The molecule has 1 amide bonds. The minimum absolute atomic E-state index is 0.139. The summed E-state index contributed by atoms with van der Waals surface area (Å²) in [4.78, 5) is 13.4. The van der Waals surface area contributed by atoms with E-state index in [-0.39, 0.29) is 5.91 Å². The maximum absolute atomic E-state index is 11.7. The van der Waals surface area contributed by atoms with Crippen molar-refractivity contribution in [3.8, 4) is 11.3 Å². The fourth-order valence-corrected chi connectivity index (χ4v) is 2.53. The van der Waals surface area contributed by atoms with E-state index in [0.717, 1.165) is 28.2 Å². The first-order valence-corrected chi connectivity index (χ1v) is 6.23. The Morgan fingerprint density at radius 1 is 1.32 bits per heavy atom. The van der Waals surface area contributed by atoms with Crippen molar-refractivity contribution in [1.29, 1.82) is 0 Å². The van der Waals surface area contributed by atoms with E-state index in [1.54, 1.807) is 4.90 Å². The number of fused-ring (bicyclic) bond motifs is 1. The summed E-state index contributed by atoms with van der Waals surface area (Å²) in [5.41, 5.74) is 10.6. The topological polar surface area (TPSA) is 64.2 Å². The standard InChI is InChI=1S/C14H16N4O/c1-17-12-4-3-9(5-10(12)6-14(17)19)13-7-11(8-15)16-18(13)2/h3-5,7H,6,8,15H2,1-2H3. The van der Waals surface area contributed by atoms with E-state index >= 15 is 0 Å². The van der Waals surface area contributed by atoms with Gasteiger partial charge in [-0.25, -0.2) is 0 Å². The number of hydrogen-bond donors (Lipinski definition) is 1. The first-order chi connectivity index (χ1) is 9.10. The average Bonchev–Trinajstić information content (AvgIpc) is 2.91. The zero-order valence-electron chi connectivity index (χ0n) is 11.1. The van der Waals surface area contributed by atoms with Gasteiger partial charge in [0, 0.05) is 31.9 Å². The van der Waals surface area contributed by atoms with Crippen LogP contribution in [0.4, 0.5) is 5.69 Å². The minimum Gasteiger partial charge on any atom is -0.325 e. The monoisotopic (exact) mass is 256 g/mol. The van der Waals surface area contributed by atoms with Gasteiger partial charge in [0.2, 0.25) is 5.91 Å². The first-order valence-electron chi connectivity index (χ1n) is 6.23. The maximum atomic E-state index is 11.7. The molecule has 1 aromatic carbocycles. The Hall–Kier alpha value is -2.14. The molecule has 98 valence electrons. The van der Waals surface area contributed by atoms with Crippen LogP contribution in [0.5, 0.6) is 0 Å². The highest BCUT2D eigenvalue weighted by atomic mass is 16.2. The zero-order chi connectivity index (χ0) is 13.6. The number of anilines is 1. The highest BCUT2D eigenvalue weighted by molar-refractivity contribution is 6.01. The summed E-state index contributed by atoms with van der Waals surface area (Å²) in [5, 5.41) is 4.34. The van der Waals surface area contributed by atoms with Gasteiger partial charge in [-0.05, 0) is 23.8 Å². The van der Waals surface area contributed by atoms with E-state index in [1.165, 1.54) is 0 Å². The Kier molecular flexibility index (Phi) is 2.64. The molecule has 0 spiro atoms. The lowest BCUT2D eigenvalue weighted by atomic mass is 10.1. The summed E-state index contributed by atoms with van der Waals surface area (Å²) in [6, 6.07) is 8.06. The van der Waals surface area contributed by atoms with Crippen molar-refractivity contribution in [3.63, 3.8) is 0 Å². The highest BCUT2D eigenvalue weighted by Crippen LogP contribution is 2.32. The van der Waals surface area contributed by atoms with Crippen LogP contribution in [0.1, 0.15) is 11.3 Å². The van der Waals surface area contributed by atoms with Gasteiger partial charge in [-0.2, -0.15) is 5.10 Å². The van der Waals surface area contributed by atoms with Gasteiger partial charge in [0.25, 0.3) is 0 Å². The van der Waals surface area contributed by atoms with E-state index in [9.17, 15) is 4.79 Å². The fraction of sp³-hybridized carbons (Fsp3) is 0.286. The molecule has 2 N–H and O–H groups in total. The second-order valence-electron chi connectivity index (χ2n) is 4.82. The molecule has 0 atom stereocenters. The molecule has 0 aliphatic carbocycles. The van der Waals surface area contributed by atoms with E-state index in [2.05, 4.69) is 11.2 Å². The largest absolute Gasteiger partial charge is 0.325 e. The lowest BCUT2D eigenvalue weighted by Crippen LogP contribution is -2.20. The van der Waals surface area contributed by atoms with Gasteiger partial charge in [0.15, 0.2) is 0 Å². The number of carbonyl (C=O) groups excluding carboxylic acids is 1. The Morgan fingerprint density at radius 2 is 2.11 bits per heavy atom. The molecule has 3 rings (SSSR count). The molecule has 2 aromatic rings. The van der Waals surface area contributed by atoms with Crippen molar-refractivity contribution in [2.75, 3.05) is 11.9 Å². The van der Waals surface area contributed by atoms with Gasteiger partial charge in [-0.3, -0.25) is 9.48 Å². The smallest absolute Gasteiger partial charge is 0.231 e. The molecule has 5 nitrogen and oxygen atoms in total. The highest BCUT2D eigenvalue weighted by Gasteiger charge is 2.24. The number of aryl methyl sites for hydroxylation is 1. The van der Waals surface area contributed by atoms with Gasteiger partial charge in [-0.1, -0.05) is 6.07 Å². The number of likely N-dealkylation sites (N-methyl/N-ethyl adjacent to an activating group) is 1. The molecule has 5 heteroatoms. The lowest BCUT2D eigenvalue weighted by molar-refractivity contribution is -0.117. The van der Waals surface area contributed by atoms with Gasteiger partial charge >= 0.3 is 0 Å². The predicted octanol–water partition coefficient (Wildman–Crippen LogP) is 1.06. The van der Waals surface area contributed by atoms with E-state index < -0.39 is 0 Å². The third kappa shape index (κ3) is 1.82. The molecule has 2 heterocycles. The molecule has 0 saturated heterocycles. The van der Waals surface area contributed by atoms with Crippen molar-refractivity contribution in [2.24, 2.45) is 12.8 Å². The van der Waals surface area contributed by atoms with Crippen LogP contribution in [0.15, 0.2) is 24.3 Å². The maximum Gasteiger partial charge on any atom is 0.231 e. The normalized spacial score (nSPS) is 14.1. The average molecular weight is 256 g/mol. The molecule has 19 heavy (non-hydrogen) atoms. The zero-order valence-corrected chi connectivity index (χ0v) is 11.1.